The lowest BCUT2D eigenvalue weighted by Crippen LogP contribution is -2.33. The molecule has 0 saturated carbocycles. The zero-order valence-corrected chi connectivity index (χ0v) is 10.3. The summed E-state index contributed by atoms with van der Waals surface area (Å²) in [7, 11) is 0. The predicted octanol–water partition coefficient (Wildman–Crippen LogP) is 0.100. The van der Waals surface area contributed by atoms with Crippen molar-refractivity contribution in [2.75, 3.05) is 26.2 Å². The smallest absolute Gasteiger partial charge is 0.219 e. The first-order chi connectivity index (χ1) is 7.57. The molecule has 0 aliphatic carbocycles. The summed E-state index contributed by atoms with van der Waals surface area (Å²) in [6.07, 6.45) is 2.67. The van der Waals surface area contributed by atoms with Gasteiger partial charge in [-0.3, -0.25) is 9.59 Å². The third-order valence-corrected chi connectivity index (χ3v) is 2.31. The number of nitrogens with two attached hydrogens (primary N) is 1. The molecule has 5 heteroatoms. The molecule has 0 fully saturated rings. The molecule has 94 valence electrons. The highest BCUT2D eigenvalue weighted by atomic mass is 16.2. The van der Waals surface area contributed by atoms with Gasteiger partial charge in [-0.1, -0.05) is 0 Å². The summed E-state index contributed by atoms with van der Waals surface area (Å²) < 4.78 is 0. The first kappa shape index (κ1) is 14.9. The number of hydrogen-bond acceptors (Lipinski definition) is 3. The Hall–Kier alpha value is -1.10. The number of carbonyl (C=O) groups is 2. The third kappa shape index (κ3) is 8.23. The van der Waals surface area contributed by atoms with Gasteiger partial charge in [0.2, 0.25) is 11.8 Å². The van der Waals surface area contributed by atoms with Crippen LogP contribution in [0.2, 0.25) is 0 Å². The van der Waals surface area contributed by atoms with Gasteiger partial charge in [0.25, 0.3) is 0 Å². The molecule has 0 saturated heterocycles. The highest BCUT2D eigenvalue weighted by Crippen LogP contribution is 1.97. The minimum Gasteiger partial charge on any atom is -0.356 e. The number of nitrogens with zero attached hydrogens (tertiary/aromatic N) is 1. The van der Waals surface area contributed by atoms with Gasteiger partial charge in [-0.25, -0.2) is 0 Å². The second-order valence-corrected chi connectivity index (χ2v) is 3.84. The van der Waals surface area contributed by atoms with E-state index in [1.807, 2.05) is 0 Å². The Balaban J connectivity index is 3.68. The molecule has 0 rings (SSSR count). The lowest BCUT2D eigenvalue weighted by Gasteiger charge is -2.20. The topological polar surface area (TPSA) is 75.4 Å². The van der Waals surface area contributed by atoms with Crippen LogP contribution < -0.4 is 11.1 Å². The normalized spacial score (nSPS) is 9.94. The fourth-order valence-corrected chi connectivity index (χ4v) is 1.41. The largest absolute Gasteiger partial charge is 0.356 e. The molecular weight excluding hydrogens is 206 g/mol. The van der Waals surface area contributed by atoms with Crippen LogP contribution in [-0.4, -0.2) is 42.9 Å². The van der Waals surface area contributed by atoms with Crippen LogP contribution in [0.1, 0.15) is 33.1 Å². The number of carbonyl (C=O) groups excluding carboxylic acids is 2. The molecule has 0 atom stereocenters. The Morgan fingerprint density at radius 3 is 2.25 bits per heavy atom. The van der Waals surface area contributed by atoms with E-state index in [1.165, 1.54) is 6.92 Å². The van der Waals surface area contributed by atoms with Crippen LogP contribution in [0.25, 0.3) is 0 Å². The van der Waals surface area contributed by atoms with E-state index in [4.69, 9.17) is 5.73 Å². The summed E-state index contributed by atoms with van der Waals surface area (Å²) in [5.41, 5.74) is 5.39. The van der Waals surface area contributed by atoms with Crippen molar-refractivity contribution in [3.8, 4) is 0 Å². The Labute approximate surface area is 97.4 Å². The average molecular weight is 229 g/mol. The number of nitrogens with one attached hydrogen (secondary N) is 1. The van der Waals surface area contributed by atoms with Gasteiger partial charge in [-0.2, -0.15) is 0 Å². The first-order valence-electron chi connectivity index (χ1n) is 5.78. The fourth-order valence-electron chi connectivity index (χ4n) is 1.41. The van der Waals surface area contributed by atoms with Crippen molar-refractivity contribution in [2.45, 2.75) is 33.1 Å². The molecule has 0 aromatic rings. The summed E-state index contributed by atoms with van der Waals surface area (Å²) in [5.74, 6) is 0.0531. The van der Waals surface area contributed by atoms with Crippen molar-refractivity contribution < 1.29 is 9.59 Å². The summed E-state index contributed by atoms with van der Waals surface area (Å²) in [6, 6.07) is 0. The number of unbranched alkanes of at least 4 members (excludes halogenated alkanes) is 1. The lowest BCUT2D eigenvalue weighted by molar-refractivity contribution is -0.129. The molecule has 0 bridgehead atoms. The molecule has 16 heavy (non-hydrogen) atoms. The minimum atomic E-state index is -0.0301. The number of amides is 2. The highest BCUT2D eigenvalue weighted by molar-refractivity contribution is 5.73. The highest BCUT2D eigenvalue weighted by Gasteiger charge is 2.07. The average Bonchev–Trinajstić information content (AvgIpc) is 2.21. The zero-order valence-electron chi connectivity index (χ0n) is 10.3. The van der Waals surface area contributed by atoms with Gasteiger partial charge >= 0.3 is 0 Å². The maximum atomic E-state index is 11.3. The van der Waals surface area contributed by atoms with Crippen molar-refractivity contribution >= 4 is 11.8 Å². The van der Waals surface area contributed by atoms with E-state index in [0.717, 1.165) is 25.8 Å². The number of hydrogen-bond donors (Lipinski definition) is 2. The maximum Gasteiger partial charge on any atom is 0.219 e. The second-order valence-electron chi connectivity index (χ2n) is 3.84. The summed E-state index contributed by atoms with van der Waals surface area (Å²) in [5, 5.41) is 2.71. The third-order valence-electron chi connectivity index (χ3n) is 2.31. The molecule has 0 heterocycles. The van der Waals surface area contributed by atoms with Gasteiger partial charge in [-0.15, -0.1) is 0 Å². The van der Waals surface area contributed by atoms with Crippen molar-refractivity contribution in [1.29, 1.82) is 0 Å². The molecule has 0 aliphatic heterocycles. The minimum absolute atomic E-state index is 0.0301. The number of rotatable bonds is 8. The summed E-state index contributed by atoms with van der Waals surface area (Å²) in [4.78, 5) is 23.7. The molecule has 5 nitrogen and oxygen atoms in total. The Morgan fingerprint density at radius 1 is 1.12 bits per heavy atom. The van der Waals surface area contributed by atoms with E-state index in [9.17, 15) is 9.59 Å². The van der Waals surface area contributed by atoms with E-state index in [0.29, 0.717) is 19.6 Å². The van der Waals surface area contributed by atoms with Crippen molar-refractivity contribution in [3.05, 3.63) is 0 Å². The Morgan fingerprint density at radius 2 is 1.75 bits per heavy atom. The molecule has 0 aromatic heterocycles. The zero-order chi connectivity index (χ0) is 12.4. The van der Waals surface area contributed by atoms with E-state index in [2.05, 4.69) is 5.32 Å². The first-order valence-corrected chi connectivity index (χ1v) is 5.78. The maximum absolute atomic E-state index is 11.3. The van der Waals surface area contributed by atoms with Crippen molar-refractivity contribution in [3.63, 3.8) is 0 Å². The monoisotopic (exact) mass is 229 g/mol. The summed E-state index contributed by atoms with van der Waals surface area (Å²) in [6.45, 7) is 5.80. The van der Waals surface area contributed by atoms with Crippen molar-refractivity contribution in [1.82, 2.24) is 10.2 Å². The van der Waals surface area contributed by atoms with Gasteiger partial charge < -0.3 is 16.0 Å². The molecule has 0 aromatic carbocycles. The van der Waals surface area contributed by atoms with Gasteiger partial charge in [0.1, 0.15) is 0 Å². The van der Waals surface area contributed by atoms with Gasteiger partial charge in [0, 0.05) is 33.5 Å². The SMILES string of the molecule is CC(=O)NCCCN(CCCCN)C(C)=O. The molecule has 0 radical (unpaired) electrons. The fraction of sp³-hybridized carbons (Fsp3) is 0.818. The van der Waals surface area contributed by atoms with E-state index >= 15 is 0 Å². The second kappa shape index (κ2) is 9.15. The molecule has 2 amide bonds. The van der Waals surface area contributed by atoms with Crippen molar-refractivity contribution in [2.24, 2.45) is 5.73 Å². The van der Waals surface area contributed by atoms with Crippen LogP contribution in [0.4, 0.5) is 0 Å². The van der Waals surface area contributed by atoms with E-state index in [1.54, 1.807) is 11.8 Å². The van der Waals surface area contributed by atoms with E-state index < -0.39 is 0 Å². The quantitative estimate of drug-likeness (QED) is 0.580. The van der Waals surface area contributed by atoms with E-state index in [-0.39, 0.29) is 11.8 Å². The molecule has 0 spiro atoms. The molecular formula is C11H23N3O2. The lowest BCUT2D eigenvalue weighted by atomic mass is 10.2. The van der Waals surface area contributed by atoms with Crippen LogP contribution in [-0.2, 0) is 9.59 Å². The van der Waals surface area contributed by atoms with Crippen LogP contribution >= 0.6 is 0 Å². The Bertz CT molecular complexity index is 219. The van der Waals surface area contributed by atoms with Gasteiger partial charge in [0.15, 0.2) is 0 Å². The van der Waals surface area contributed by atoms with Crippen LogP contribution in [0.15, 0.2) is 0 Å². The molecule has 0 aliphatic rings. The van der Waals surface area contributed by atoms with Crippen LogP contribution in [0.5, 0.6) is 0 Å². The standard InChI is InChI=1S/C11H23N3O2/c1-10(15)13-7-5-9-14(11(2)16)8-4-3-6-12/h3-9,12H2,1-2H3,(H,13,15). The Kier molecular flexibility index (Phi) is 8.52. The van der Waals surface area contributed by atoms with Gasteiger partial charge in [0.05, 0.1) is 0 Å². The van der Waals surface area contributed by atoms with Crippen LogP contribution in [0, 0.1) is 0 Å². The van der Waals surface area contributed by atoms with Gasteiger partial charge in [-0.05, 0) is 25.8 Å². The summed E-state index contributed by atoms with van der Waals surface area (Å²) >= 11 is 0. The molecule has 0 unspecified atom stereocenters. The predicted molar refractivity (Wildman–Crippen MR) is 63.8 cm³/mol. The van der Waals surface area contributed by atoms with Crippen LogP contribution in [0.3, 0.4) is 0 Å². The molecule has 3 N–H and O–H groups in total.